The standard InChI is InChI=1S/C12H18N2O3S/c1-8(9-2-4-17-5-3-9)13-6-10-7-18-11(14-10)12(15)16/h7-9,13H,2-6H2,1H3,(H,15,16). The van der Waals surface area contributed by atoms with Gasteiger partial charge >= 0.3 is 5.97 Å². The number of ether oxygens (including phenoxy) is 1. The Bertz CT molecular complexity index is 402. The molecule has 6 heteroatoms. The molecule has 1 unspecified atom stereocenters. The molecule has 0 saturated carbocycles. The topological polar surface area (TPSA) is 71.5 Å². The van der Waals surface area contributed by atoms with E-state index in [4.69, 9.17) is 9.84 Å². The number of hydrogen-bond acceptors (Lipinski definition) is 5. The van der Waals surface area contributed by atoms with Crippen molar-refractivity contribution in [2.24, 2.45) is 5.92 Å². The van der Waals surface area contributed by atoms with Crippen LogP contribution in [0.15, 0.2) is 5.38 Å². The second-order valence-corrected chi connectivity index (χ2v) is 5.43. The first-order valence-corrected chi connectivity index (χ1v) is 7.03. The zero-order valence-electron chi connectivity index (χ0n) is 10.4. The largest absolute Gasteiger partial charge is 0.476 e. The Labute approximate surface area is 110 Å². The van der Waals surface area contributed by atoms with E-state index >= 15 is 0 Å². The normalized spacial score (nSPS) is 18.7. The molecule has 0 aliphatic carbocycles. The van der Waals surface area contributed by atoms with Crippen molar-refractivity contribution >= 4 is 17.3 Å². The number of nitrogens with zero attached hydrogens (tertiary/aromatic N) is 1. The molecule has 0 radical (unpaired) electrons. The van der Waals surface area contributed by atoms with Crippen LogP contribution in [0.4, 0.5) is 0 Å². The summed E-state index contributed by atoms with van der Waals surface area (Å²) in [5.74, 6) is -0.319. The van der Waals surface area contributed by atoms with Crippen LogP contribution in [0, 0.1) is 5.92 Å². The summed E-state index contributed by atoms with van der Waals surface area (Å²) in [6, 6.07) is 0.406. The number of hydrogen-bond donors (Lipinski definition) is 2. The Morgan fingerprint density at radius 2 is 2.39 bits per heavy atom. The third-order valence-electron chi connectivity index (χ3n) is 3.31. The van der Waals surface area contributed by atoms with Crippen molar-refractivity contribution in [2.45, 2.75) is 32.4 Å². The van der Waals surface area contributed by atoms with E-state index in [-0.39, 0.29) is 5.01 Å². The van der Waals surface area contributed by atoms with E-state index in [0.717, 1.165) is 31.7 Å². The number of rotatable bonds is 5. The maximum atomic E-state index is 10.7. The Kier molecular flexibility index (Phi) is 4.68. The van der Waals surface area contributed by atoms with Crippen LogP contribution in [-0.4, -0.2) is 35.3 Å². The zero-order valence-corrected chi connectivity index (χ0v) is 11.2. The molecule has 1 aliphatic heterocycles. The molecule has 2 rings (SSSR count). The molecular formula is C12H18N2O3S. The van der Waals surface area contributed by atoms with Crippen molar-refractivity contribution in [1.29, 1.82) is 0 Å². The summed E-state index contributed by atoms with van der Waals surface area (Å²) in [4.78, 5) is 14.8. The summed E-state index contributed by atoms with van der Waals surface area (Å²) in [6.45, 7) is 4.48. The van der Waals surface area contributed by atoms with Gasteiger partial charge < -0.3 is 15.2 Å². The summed E-state index contributed by atoms with van der Waals surface area (Å²) in [5, 5.41) is 14.2. The second-order valence-electron chi connectivity index (χ2n) is 4.57. The van der Waals surface area contributed by atoms with Crippen LogP contribution in [0.25, 0.3) is 0 Å². The first-order chi connectivity index (χ1) is 8.66. The monoisotopic (exact) mass is 270 g/mol. The molecule has 2 heterocycles. The van der Waals surface area contributed by atoms with Gasteiger partial charge in [-0.15, -0.1) is 11.3 Å². The highest BCUT2D eigenvalue weighted by Gasteiger charge is 2.20. The average Bonchev–Trinajstić information content (AvgIpc) is 2.86. The van der Waals surface area contributed by atoms with Gasteiger partial charge in [-0.2, -0.15) is 0 Å². The number of carboxylic acid groups (broad SMARTS) is 1. The van der Waals surface area contributed by atoms with Crippen LogP contribution in [0.2, 0.25) is 0 Å². The van der Waals surface area contributed by atoms with Gasteiger partial charge in [-0.05, 0) is 25.7 Å². The molecular weight excluding hydrogens is 252 g/mol. The average molecular weight is 270 g/mol. The van der Waals surface area contributed by atoms with Gasteiger partial charge in [0.25, 0.3) is 0 Å². The number of aromatic nitrogens is 1. The minimum Gasteiger partial charge on any atom is -0.476 e. The van der Waals surface area contributed by atoms with Gasteiger partial charge in [-0.25, -0.2) is 9.78 Å². The molecule has 1 saturated heterocycles. The summed E-state index contributed by atoms with van der Waals surface area (Å²) in [5.41, 5.74) is 0.802. The smallest absolute Gasteiger partial charge is 0.365 e. The summed E-state index contributed by atoms with van der Waals surface area (Å²) in [7, 11) is 0. The first kappa shape index (κ1) is 13.5. The van der Waals surface area contributed by atoms with E-state index in [2.05, 4.69) is 17.2 Å². The van der Waals surface area contributed by atoms with E-state index in [0.29, 0.717) is 18.5 Å². The van der Waals surface area contributed by atoms with Crippen molar-refractivity contribution in [3.8, 4) is 0 Å². The highest BCUT2D eigenvalue weighted by Crippen LogP contribution is 2.19. The third kappa shape index (κ3) is 3.51. The van der Waals surface area contributed by atoms with Crippen LogP contribution < -0.4 is 5.32 Å². The molecule has 1 fully saturated rings. The van der Waals surface area contributed by atoms with E-state index in [1.54, 1.807) is 5.38 Å². The Balaban J connectivity index is 1.80. The highest BCUT2D eigenvalue weighted by atomic mass is 32.1. The predicted octanol–water partition coefficient (Wildman–Crippen LogP) is 1.75. The molecule has 18 heavy (non-hydrogen) atoms. The van der Waals surface area contributed by atoms with E-state index in [1.165, 1.54) is 11.3 Å². The fourth-order valence-electron chi connectivity index (χ4n) is 2.13. The molecule has 2 N–H and O–H groups in total. The minimum absolute atomic E-state index is 0.158. The summed E-state index contributed by atoms with van der Waals surface area (Å²) in [6.07, 6.45) is 2.18. The first-order valence-electron chi connectivity index (χ1n) is 6.15. The van der Waals surface area contributed by atoms with Gasteiger partial charge in [0.15, 0.2) is 0 Å². The van der Waals surface area contributed by atoms with Crippen LogP contribution in [0.3, 0.4) is 0 Å². The van der Waals surface area contributed by atoms with Gasteiger partial charge in [-0.1, -0.05) is 0 Å². The van der Waals surface area contributed by atoms with Crippen molar-refractivity contribution in [1.82, 2.24) is 10.3 Å². The third-order valence-corrected chi connectivity index (χ3v) is 4.19. The SMILES string of the molecule is CC(NCc1csc(C(=O)O)n1)C1CCOCC1. The van der Waals surface area contributed by atoms with Crippen molar-refractivity contribution in [3.63, 3.8) is 0 Å². The number of aromatic carboxylic acids is 1. The minimum atomic E-state index is -0.955. The molecule has 1 aromatic heterocycles. The summed E-state index contributed by atoms with van der Waals surface area (Å²) >= 11 is 1.17. The second kappa shape index (κ2) is 6.26. The molecule has 0 amide bonds. The van der Waals surface area contributed by atoms with Crippen molar-refractivity contribution < 1.29 is 14.6 Å². The van der Waals surface area contributed by atoms with Gasteiger partial charge in [0.2, 0.25) is 5.01 Å². The van der Waals surface area contributed by atoms with E-state index in [1.807, 2.05) is 0 Å². The quantitative estimate of drug-likeness (QED) is 0.853. The highest BCUT2D eigenvalue weighted by molar-refractivity contribution is 7.11. The van der Waals surface area contributed by atoms with Gasteiger partial charge in [-0.3, -0.25) is 0 Å². The molecule has 0 spiro atoms. The Morgan fingerprint density at radius 3 is 3.00 bits per heavy atom. The Morgan fingerprint density at radius 1 is 1.67 bits per heavy atom. The lowest BCUT2D eigenvalue weighted by Crippen LogP contribution is -2.36. The number of thiazole rings is 1. The zero-order chi connectivity index (χ0) is 13.0. The maximum absolute atomic E-state index is 10.7. The maximum Gasteiger partial charge on any atom is 0.365 e. The van der Waals surface area contributed by atoms with E-state index < -0.39 is 5.97 Å². The van der Waals surface area contributed by atoms with Crippen molar-refractivity contribution in [3.05, 3.63) is 16.1 Å². The molecule has 5 nitrogen and oxygen atoms in total. The molecule has 1 aliphatic rings. The van der Waals surface area contributed by atoms with Gasteiger partial charge in [0.1, 0.15) is 0 Å². The van der Waals surface area contributed by atoms with Crippen LogP contribution >= 0.6 is 11.3 Å². The van der Waals surface area contributed by atoms with Crippen LogP contribution in [0.5, 0.6) is 0 Å². The van der Waals surface area contributed by atoms with E-state index in [9.17, 15) is 4.79 Å². The lowest BCUT2D eigenvalue weighted by atomic mass is 9.93. The predicted molar refractivity (Wildman–Crippen MR) is 68.9 cm³/mol. The molecule has 100 valence electrons. The lowest BCUT2D eigenvalue weighted by Gasteiger charge is -2.28. The van der Waals surface area contributed by atoms with Crippen LogP contribution in [-0.2, 0) is 11.3 Å². The van der Waals surface area contributed by atoms with Gasteiger partial charge in [0, 0.05) is 31.2 Å². The number of carboxylic acids is 1. The Hall–Kier alpha value is -0.980. The van der Waals surface area contributed by atoms with Crippen molar-refractivity contribution in [2.75, 3.05) is 13.2 Å². The fraction of sp³-hybridized carbons (Fsp3) is 0.667. The molecule has 1 atom stereocenters. The molecule has 1 aromatic rings. The molecule has 0 bridgehead atoms. The van der Waals surface area contributed by atoms with Crippen LogP contribution in [0.1, 0.15) is 35.3 Å². The lowest BCUT2D eigenvalue weighted by molar-refractivity contribution is 0.0557. The number of carbonyl (C=O) groups is 1. The molecule has 0 aromatic carbocycles. The van der Waals surface area contributed by atoms with Gasteiger partial charge in [0.05, 0.1) is 5.69 Å². The summed E-state index contributed by atoms with van der Waals surface area (Å²) < 4.78 is 5.34. The fourth-order valence-corrected chi connectivity index (χ4v) is 2.79. The number of nitrogens with one attached hydrogen (secondary N) is 1.